The molecule has 1 aliphatic rings. The zero-order valence-electron chi connectivity index (χ0n) is 13.6. The Labute approximate surface area is 141 Å². The summed E-state index contributed by atoms with van der Waals surface area (Å²) in [4.78, 5) is 20.6. The first kappa shape index (κ1) is 17.5. The monoisotopic (exact) mass is 334 g/mol. The number of esters is 1. The third-order valence-electron chi connectivity index (χ3n) is 4.20. The number of nitriles is 1. The molecule has 1 heterocycles. The average Bonchev–Trinajstić information content (AvgIpc) is 2.57. The quantitative estimate of drug-likeness (QED) is 0.486. The van der Waals surface area contributed by atoms with E-state index in [0.29, 0.717) is 17.4 Å². The number of hydrogen-bond acceptors (Lipinski definition) is 7. The highest BCUT2D eigenvalue weighted by Crippen LogP contribution is 2.35. The Kier molecular flexibility index (Phi) is 6.22. The number of nitrogens with zero attached hydrogens (tertiary/aromatic N) is 3. The predicted molar refractivity (Wildman–Crippen MR) is 89.2 cm³/mol. The molecular formula is C16H22N4O2S. The smallest absolute Gasteiger partial charge is 0.307 e. The van der Waals surface area contributed by atoms with Crippen LogP contribution in [0, 0.1) is 11.3 Å². The van der Waals surface area contributed by atoms with Crippen molar-refractivity contribution in [3.05, 3.63) is 11.8 Å². The van der Waals surface area contributed by atoms with Gasteiger partial charge in [0.25, 0.3) is 0 Å². The number of carbonyl (C=O) groups is 1. The van der Waals surface area contributed by atoms with E-state index < -0.39 is 0 Å². The SMILES string of the molecule is COC(=O)CC1(Nc2nc(SC)ncc2CC#N)CCCCC1. The number of carbonyl (C=O) groups excluding carboxylic acids is 1. The van der Waals surface area contributed by atoms with E-state index in [-0.39, 0.29) is 17.9 Å². The van der Waals surface area contributed by atoms with Crippen molar-refractivity contribution in [2.45, 2.75) is 55.6 Å². The number of nitrogens with one attached hydrogen (secondary N) is 1. The lowest BCUT2D eigenvalue weighted by Crippen LogP contribution is -2.43. The largest absolute Gasteiger partial charge is 0.469 e. The second kappa shape index (κ2) is 8.16. The van der Waals surface area contributed by atoms with Crippen molar-refractivity contribution in [3.8, 4) is 6.07 Å². The van der Waals surface area contributed by atoms with Gasteiger partial charge in [-0.15, -0.1) is 0 Å². The third-order valence-corrected chi connectivity index (χ3v) is 4.76. The summed E-state index contributed by atoms with van der Waals surface area (Å²) in [5.74, 6) is 0.442. The van der Waals surface area contributed by atoms with Gasteiger partial charge in [-0.2, -0.15) is 5.26 Å². The van der Waals surface area contributed by atoms with Gasteiger partial charge in [-0.25, -0.2) is 9.97 Å². The third kappa shape index (κ3) is 4.58. The molecule has 0 atom stereocenters. The molecule has 0 saturated heterocycles. The number of methoxy groups -OCH3 is 1. The van der Waals surface area contributed by atoms with Crippen LogP contribution in [0.5, 0.6) is 0 Å². The second-order valence-electron chi connectivity index (χ2n) is 5.78. The molecule has 1 aromatic rings. The van der Waals surface area contributed by atoms with E-state index in [1.807, 2.05) is 6.26 Å². The van der Waals surface area contributed by atoms with Gasteiger partial charge in [0.1, 0.15) is 5.82 Å². The van der Waals surface area contributed by atoms with Gasteiger partial charge < -0.3 is 10.1 Å². The summed E-state index contributed by atoms with van der Waals surface area (Å²) in [5, 5.41) is 13.1. The molecule has 0 radical (unpaired) electrons. The van der Waals surface area contributed by atoms with E-state index in [9.17, 15) is 4.79 Å². The second-order valence-corrected chi connectivity index (χ2v) is 6.56. The van der Waals surface area contributed by atoms with E-state index in [1.165, 1.54) is 25.3 Å². The van der Waals surface area contributed by atoms with Crippen molar-refractivity contribution in [3.63, 3.8) is 0 Å². The van der Waals surface area contributed by atoms with Crippen molar-refractivity contribution in [1.82, 2.24) is 9.97 Å². The zero-order chi connectivity index (χ0) is 16.7. The summed E-state index contributed by atoms with van der Waals surface area (Å²) in [5.41, 5.74) is 0.416. The molecule has 0 spiro atoms. The first-order valence-corrected chi connectivity index (χ1v) is 8.97. The van der Waals surface area contributed by atoms with E-state index in [2.05, 4.69) is 21.4 Å². The van der Waals surface area contributed by atoms with Crippen LogP contribution in [-0.4, -0.2) is 34.8 Å². The summed E-state index contributed by atoms with van der Waals surface area (Å²) in [7, 11) is 1.41. The van der Waals surface area contributed by atoms with Crippen molar-refractivity contribution in [2.24, 2.45) is 0 Å². The maximum atomic E-state index is 11.9. The van der Waals surface area contributed by atoms with Crippen LogP contribution in [0.15, 0.2) is 11.4 Å². The van der Waals surface area contributed by atoms with Gasteiger partial charge in [-0.1, -0.05) is 31.0 Å². The Balaban J connectivity index is 2.31. The normalized spacial score (nSPS) is 16.4. The molecule has 1 aliphatic carbocycles. The molecule has 0 aliphatic heterocycles. The molecule has 6 nitrogen and oxygen atoms in total. The van der Waals surface area contributed by atoms with Gasteiger partial charge in [0, 0.05) is 17.3 Å². The van der Waals surface area contributed by atoms with Crippen LogP contribution in [0.4, 0.5) is 5.82 Å². The van der Waals surface area contributed by atoms with Gasteiger partial charge in [-0.05, 0) is 19.1 Å². The van der Waals surface area contributed by atoms with Crippen molar-refractivity contribution in [1.29, 1.82) is 5.26 Å². The van der Waals surface area contributed by atoms with Gasteiger partial charge in [0.15, 0.2) is 5.16 Å². The van der Waals surface area contributed by atoms with Crippen LogP contribution in [0.25, 0.3) is 0 Å². The molecule has 2 rings (SSSR count). The minimum absolute atomic E-state index is 0.222. The predicted octanol–water partition coefficient (Wildman–Crippen LogP) is 2.94. The van der Waals surface area contributed by atoms with E-state index in [1.54, 1.807) is 6.20 Å². The van der Waals surface area contributed by atoms with Gasteiger partial charge in [-0.3, -0.25) is 4.79 Å². The lowest BCUT2D eigenvalue weighted by atomic mass is 9.79. The topological polar surface area (TPSA) is 87.9 Å². The average molecular weight is 334 g/mol. The highest BCUT2D eigenvalue weighted by atomic mass is 32.2. The Morgan fingerprint density at radius 3 is 2.83 bits per heavy atom. The van der Waals surface area contributed by atoms with Crippen LogP contribution in [-0.2, 0) is 16.0 Å². The molecule has 1 N–H and O–H groups in total. The molecule has 0 bridgehead atoms. The van der Waals surface area contributed by atoms with E-state index in [4.69, 9.17) is 10.00 Å². The number of hydrogen-bond donors (Lipinski definition) is 1. The molecule has 23 heavy (non-hydrogen) atoms. The van der Waals surface area contributed by atoms with Gasteiger partial charge in [0.2, 0.25) is 0 Å². The first-order chi connectivity index (χ1) is 11.1. The van der Waals surface area contributed by atoms with Crippen LogP contribution >= 0.6 is 11.8 Å². The number of ether oxygens (including phenoxy) is 1. The molecule has 0 amide bonds. The Bertz CT molecular complexity index is 594. The maximum absolute atomic E-state index is 11.9. The Morgan fingerprint density at radius 1 is 1.48 bits per heavy atom. The maximum Gasteiger partial charge on any atom is 0.307 e. The molecular weight excluding hydrogens is 312 g/mol. The molecule has 1 saturated carbocycles. The molecule has 7 heteroatoms. The van der Waals surface area contributed by atoms with E-state index >= 15 is 0 Å². The van der Waals surface area contributed by atoms with Crippen molar-refractivity contribution < 1.29 is 9.53 Å². The Morgan fingerprint density at radius 2 is 2.22 bits per heavy atom. The fraction of sp³-hybridized carbons (Fsp3) is 0.625. The van der Waals surface area contributed by atoms with Crippen LogP contribution in [0.1, 0.15) is 44.1 Å². The fourth-order valence-electron chi connectivity index (χ4n) is 2.99. The van der Waals surface area contributed by atoms with Gasteiger partial charge >= 0.3 is 5.97 Å². The van der Waals surface area contributed by atoms with Crippen molar-refractivity contribution >= 4 is 23.5 Å². The molecule has 124 valence electrons. The fourth-order valence-corrected chi connectivity index (χ4v) is 3.33. The molecule has 1 aromatic heterocycles. The zero-order valence-corrected chi connectivity index (χ0v) is 14.4. The first-order valence-electron chi connectivity index (χ1n) is 7.74. The molecule has 0 unspecified atom stereocenters. The minimum atomic E-state index is -0.348. The van der Waals surface area contributed by atoms with Crippen LogP contribution in [0.3, 0.4) is 0 Å². The molecule has 1 fully saturated rings. The summed E-state index contributed by atoms with van der Waals surface area (Å²) >= 11 is 1.45. The Hall–Kier alpha value is -1.81. The summed E-state index contributed by atoms with van der Waals surface area (Å²) in [6.45, 7) is 0. The van der Waals surface area contributed by atoms with Crippen LogP contribution in [0.2, 0.25) is 0 Å². The summed E-state index contributed by atoms with van der Waals surface area (Å²) < 4.78 is 4.87. The van der Waals surface area contributed by atoms with Gasteiger partial charge in [0.05, 0.1) is 26.0 Å². The highest BCUT2D eigenvalue weighted by Gasteiger charge is 2.35. The number of rotatable bonds is 6. The van der Waals surface area contributed by atoms with Crippen LogP contribution < -0.4 is 5.32 Å². The summed E-state index contributed by atoms with van der Waals surface area (Å²) in [6, 6.07) is 2.15. The van der Waals surface area contributed by atoms with Crippen molar-refractivity contribution in [2.75, 3.05) is 18.7 Å². The standard InChI is InChI=1S/C16H22N4O2S/c1-22-13(21)10-16(7-4-3-5-8-16)20-14-12(6-9-17)11-18-15(19-14)23-2/h11H,3-8,10H2,1-2H3,(H,18,19,20). The van der Waals surface area contributed by atoms with E-state index in [0.717, 1.165) is 31.2 Å². The highest BCUT2D eigenvalue weighted by molar-refractivity contribution is 7.98. The minimum Gasteiger partial charge on any atom is -0.469 e. The number of aromatic nitrogens is 2. The summed E-state index contributed by atoms with van der Waals surface area (Å²) in [6.07, 6.45) is 9.26. The molecule has 0 aromatic carbocycles. The lowest BCUT2D eigenvalue weighted by Gasteiger charge is -2.38. The lowest BCUT2D eigenvalue weighted by molar-refractivity contribution is -0.142. The number of thioether (sulfide) groups is 1. The number of anilines is 1.